The van der Waals surface area contributed by atoms with Crippen LogP contribution in [0.3, 0.4) is 0 Å². The van der Waals surface area contributed by atoms with Gasteiger partial charge in [0.2, 0.25) is 0 Å². The molecule has 0 radical (unpaired) electrons. The van der Waals surface area contributed by atoms with Crippen LogP contribution in [0, 0.1) is 6.92 Å². The Balaban J connectivity index is 2.07. The topological polar surface area (TPSA) is 58.1 Å². The Labute approximate surface area is 131 Å². The Kier molecular flexibility index (Phi) is 5.47. The van der Waals surface area contributed by atoms with Gasteiger partial charge in [-0.15, -0.1) is 0 Å². The van der Waals surface area contributed by atoms with E-state index in [-0.39, 0.29) is 5.91 Å². The normalized spacial score (nSPS) is 10.3. The van der Waals surface area contributed by atoms with Crippen LogP contribution in [0.1, 0.15) is 35.5 Å². The number of carbonyl (C=O) groups excluding carboxylic acids is 1. The number of hydrogen-bond acceptors (Lipinski definition) is 4. The fraction of sp³-hybridized carbons (Fsp3) is 0.353. The third-order valence-electron chi connectivity index (χ3n) is 3.49. The Morgan fingerprint density at radius 1 is 1.18 bits per heavy atom. The zero-order valence-electron chi connectivity index (χ0n) is 13.3. The Hall–Kier alpha value is -2.43. The molecular formula is C17H22N4O. The summed E-state index contributed by atoms with van der Waals surface area (Å²) in [4.78, 5) is 22.3. The molecule has 1 heterocycles. The molecule has 2 rings (SSSR count). The van der Waals surface area contributed by atoms with Crippen molar-refractivity contribution in [1.29, 1.82) is 0 Å². The van der Waals surface area contributed by atoms with Crippen molar-refractivity contribution >= 4 is 11.7 Å². The van der Waals surface area contributed by atoms with Gasteiger partial charge in [0.05, 0.1) is 0 Å². The summed E-state index contributed by atoms with van der Waals surface area (Å²) in [6, 6.07) is 9.98. The molecule has 0 aliphatic carbocycles. The molecule has 0 saturated heterocycles. The van der Waals surface area contributed by atoms with Crippen LogP contribution in [-0.2, 0) is 6.54 Å². The Bertz CT molecular complexity index is 638. The van der Waals surface area contributed by atoms with Crippen molar-refractivity contribution in [2.75, 3.05) is 18.4 Å². The molecular weight excluding hydrogens is 276 g/mol. The second kappa shape index (κ2) is 7.54. The first-order chi connectivity index (χ1) is 10.6. The highest BCUT2D eigenvalue weighted by Gasteiger charge is 2.14. The van der Waals surface area contributed by atoms with Gasteiger partial charge in [-0.2, -0.15) is 0 Å². The predicted octanol–water partition coefficient (Wildman–Crippen LogP) is 2.88. The third-order valence-corrected chi connectivity index (χ3v) is 3.49. The largest absolute Gasteiger partial charge is 0.366 e. The zero-order chi connectivity index (χ0) is 15.9. The van der Waals surface area contributed by atoms with Gasteiger partial charge in [-0.1, -0.05) is 29.8 Å². The number of aromatic nitrogens is 2. The minimum atomic E-state index is -0.0639. The van der Waals surface area contributed by atoms with Gasteiger partial charge in [0.15, 0.2) is 0 Å². The van der Waals surface area contributed by atoms with Crippen LogP contribution >= 0.6 is 0 Å². The molecule has 116 valence electrons. The molecule has 5 heteroatoms. The van der Waals surface area contributed by atoms with Gasteiger partial charge in [0, 0.05) is 25.7 Å². The van der Waals surface area contributed by atoms with Crippen LogP contribution in [0.5, 0.6) is 0 Å². The van der Waals surface area contributed by atoms with Crippen molar-refractivity contribution < 1.29 is 4.79 Å². The summed E-state index contributed by atoms with van der Waals surface area (Å²) in [5.74, 6) is 0.595. The number of nitrogens with zero attached hydrogens (tertiary/aromatic N) is 3. The standard InChI is InChI=1S/C17H22N4O/c1-4-21(5-2)17(22)15-10-16(20-12-19-15)18-11-14-8-6-7-13(3)9-14/h6-10,12H,4-5,11H2,1-3H3,(H,18,19,20). The molecule has 1 aromatic carbocycles. The monoisotopic (exact) mass is 298 g/mol. The number of aryl methyl sites for hydroxylation is 1. The van der Waals surface area contributed by atoms with Gasteiger partial charge in [-0.25, -0.2) is 9.97 Å². The predicted molar refractivity (Wildman–Crippen MR) is 87.8 cm³/mol. The van der Waals surface area contributed by atoms with Crippen molar-refractivity contribution in [2.45, 2.75) is 27.3 Å². The van der Waals surface area contributed by atoms with Crippen molar-refractivity contribution in [3.05, 3.63) is 53.5 Å². The van der Waals surface area contributed by atoms with Gasteiger partial charge in [-0.3, -0.25) is 4.79 Å². The fourth-order valence-electron chi connectivity index (χ4n) is 2.26. The van der Waals surface area contributed by atoms with Crippen molar-refractivity contribution in [1.82, 2.24) is 14.9 Å². The van der Waals surface area contributed by atoms with E-state index >= 15 is 0 Å². The summed E-state index contributed by atoms with van der Waals surface area (Å²) in [6.45, 7) is 7.99. The van der Waals surface area contributed by atoms with E-state index in [0.29, 0.717) is 31.1 Å². The molecule has 2 aromatic rings. The van der Waals surface area contributed by atoms with E-state index in [0.717, 1.165) is 0 Å². The van der Waals surface area contributed by atoms with E-state index in [9.17, 15) is 4.79 Å². The lowest BCUT2D eigenvalue weighted by Gasteiger charge is -2.18. The molecule has 1 N–H and O–H groups in total. The Morgan fingerprint density at radius 2 is 1.95 bits per heavy atom. The van der Waals surface area contributed by atoms with Crippen LogP contribution < -0.4 is 5.32 Å². The molecule has 5 nitrogen and oxygen atoms in total. The van der Waals surface area contributed by atoms with E-state index in [1.54, 1.807) is 11.0 Å². The van der Waals surface area contributed by atoms with Crippen LogP contribution in [0.15, 0.2) is 36.7 Å². The molecule has 0 fully saturated rings. The van der Waals surface area contributed by atoms with E-state index in [1.807, 2.05) is 19.9 Å². The van der Waals surface area contributed by atoms with Gasteiger partial charge in [-0.05, 0) is 26.3 Å². The van der Waals surface area contributed by atoms with E-state index in [2.05, 4.69) is 40.4 Å². The summed E-state index contributed by atoms with van der Waals surface area (Å²) in [5.41, 5.74) is 2.82. The quantitative estimate of drug-likeness (QED) is 0.891. The number of carbonyl (C=O) groups is 1. The van der Waals surface area contributed by atoms with Crippen LogP contribution in [-0.4, -0.2) is 33.9 Å². The average Bonchev–Trinajstić information content (AvgIpc) is 2.54. The lowest BCUT2D eigenvalue weighted by atomic mass is 10.1. The lowest BCUT2D eigenvalue weighted by Crippen LogP contribution is -2.31. The van der Waals surface area contributed by atoms with Gasteiger partial charge >= 0.3 is 0 Å². The fourth-order valence-corrected chi connectivity index (χ4v) is 2.26. The zero-order valence-corrected chi connectivity index (χ0v) is 13.3. The highest BCUT2D eigenvalue weighted by atomic mass is 16.2. The molecule has 0 aliphatic rings. The highest BCUT2D eigenvalue weighted by Crippen LogP contribution is 2.10. The number of rotatable bonds is 6. The minimum Gasteiger partial charge on any atom is -0.366 e. The number of benzene rings is 1. The maximum absolute atomic E-state index is 12.3. The molecule has 0 saturated carbocycles. The van der Waals surface area contributed by atoms with E-state index < -0.39 is 0 Å². The number of nitrogens with one attached hydrogen (secondary N) is 1. The summed E-state index contributed by atoms with van der Waals surface area (Å²) in [6.07, 6.45) is 1.43. The number of anilines is 1. The van der Waals surface area contributed by atoms with E-state index in [1.165, 1.54) is 17.5 Å². The Morgan fingerprint density at radius 3 is 2.64 bits per heavy atom. The van der Waals surface area contributed by atoms with Gasteiger partial charge in [0.25, 0.3) is 5.91 Å². The second-order valence-corrected chi connectivity index (χ2v) is 5.11. The molecule has 1 amide bonds. The minimum absolute atomic E-state index is 0.0639. The summed E-state index contributed by atoms with van der Waals surface area (Å²) in [5, 5.41) is 3.24. The van der Waals surface area contributed by atoms with Crippen molar-refractivity contribution in [2.24, 2.45) is 0 Å². The van der Waals surface area contributed by atoms with Crippen molar-refractivity contribution in [3.63, 3.8) is 0 Å². The first-order valence-corrected chi connectivity index (χ1v) is 7.54. The molecule has 1 aromatic heterocycles. The van der Waals surface area contributed by atoms with E-state index in [4.69, 9.17) is 0 Å². The van der Waals surface area contributed by atoms with Gasteiger partial charge in [0.1, 0.15) is 17.8 Å². The summed E-state index contributed by atoms with van der Waals surface area (Å²) in [7, 11) is 0. The van der Waals surface area contributed by atoms with Crippen molar-refractivity contribution in [3.8, 4) is 0 Å². The van der Waals surface area contributed by atoms with Crippen LogP contribution in [0.4, 0.5) is 5.82 Å². The summed E-state index contributed by atoms with van der Waals surface area (Å²) < 4.78 is 0. The molecule has 0 aliphatic heterocycles. The average molecular weight is 298 g/mol. The third kappa shape index (κ3) is 4.04. The summed E-state index contributed by atoms with van der Waals surface area (Å²) >= 11 is 0. The van der Waals surface area contributed by atoms with Gasteiger partial charge < -0.3 is 10.2 Å². The van der Waals surface area contributed by atoms with Crippen LogP contribution in [0.25, 0.3) is 0 Å². The molecule has 22 heavy (non-hydrogen) atoms. The molecule has 0 spiro atoms. The first kappa shape index (κ1) is 15.9. The lowest BCUT2D eigenvalue weighted by molar-refractivity contribution is 0.0767. The SMILES string of the molecule is CCN(CC)C(=O)c1cc(NCc2cccc(C)c2)ncn1. The molecule has 0 atom stereocenters. The first-order valence-electron chi connectivity index (χ1n) is 7.54. The number of hydrogen-bond donors (Lipinski definition) is 1. The molecule has 0 bridgehead atoms. The maximum Gasteiger partial charge on any atom is 0.272 e. The maximum atomic E-state index is 12.3. The van der Waals surface area contributed by atoms with Crippen LogP contribution in [0.2, 0.25) is 0 Å². The number of amides is 1. The molecule has 0 unspecified atom stereocenters. The second-order valence-electron chi connectivity index (χ2n) is 5.11. The smallest absolute Gasteiger partial charge is 0.272 e. The highest BCUT2D eigenvalue weighted by molar-refractivity contribution is 5.92.